The zero-order valence-corrected chi connectivity index (χ0v) is 30.0. The molecule has 0 aliphatic heterocycles. The smallest absolute Gasteiger partial charge is 0.0859 e. The van der Waals surface area contributed by atoms with Crippen LogP contribution < -0.4 is 17.7 Å². The fourth-order valence-electron chi connectivity index (χ4n) is 6.62. The first kappa shape index (κ1) is 43.4. The molecule has 0 heterocycles. The van der Waals surface area contributed by atoms with Crippen molar-refractivity contribution in [3.8, 4) is 0 Å². The Kier molecular flexibility index (Phi) is 42.6. The second-order valence-electron chi connectivity index (χ2n) is 13.6. The van der Waals surface area contributed by atoms with Crippen molar-refractivity contribution >= 4 is 0 Å². The number of hydrogen-bond donors (Lipinski definition) is 1. The second kappa shape index (κ2) is 40.2. The fourth-order valence-corrected chi connectivity index (χ4v) is 6.62. The Bertz CT molecular complexity index is 390. The van der Waals surface area contributed by atoms with E-state index in [4.69, 9.17) is 0 Å². The molecule has 0 aromatic carbocycles. The van der Waals surface area contributed by atoms with Gasteiger partial charge in [0, 0.05) is 0 Å². The van der Waals surface area contributed by atoms with Gasteiger partial charge in [-0.25, -0.2) is 0 Å². The van der Waals surface area contributed by atoms with Crippen molar-refractivity contribution < 1.29 is 17.7 Å². The number of halogens is 1. The van der Waals surface area contributed by atoms with Crippen molar-refractivity contribution in [1.82, 2.24) is 0 Å². The van der Waals surface area contributed by atoms with E-state index in [1.807, 2.05) is 0 Å². The van der Waals surface area contributed by atoms with E-state index in [9.17, 15) is 0 Å². The van der Waals surface area contributed by atoms with Gasteiger partial charge >= 0.3 is 0 Å². The summed E-state index contributed by atoms with van der Waals surface area (Å²) in [6, 6.07) is 0.906. The van der Waals surface area contributed by atoms with Gasteiger partial charge < -0.3 is 17.7 Å². The number of quaternary nitrogens is 1. The quantitative estimate of drug-likeness (QED) is 0.0690. The minimum Gasteiger partial charge on any atom is -1.00 e. The van der Waals surface area contributed by atoms with E-state index >= 15 is 0 Å². The predicted molar refractivity (Wildman–Crippen MR) is 185 cm³/mol. The molecule has 0 spiro atoms. The molecule has 1 nitrogen and oxygen atoms in total. The molecule has 0 radical (unpaired) electrons. The lowest BCUT2D eigenvalue weighted by Gasteiger charge is -2.14. The highest BCUT2D eigenvalue weighted by Gasteiger charge is 2.10. The maximum atomic E-state index is 2.64. The minimum atomic E-state index is 0. The van der Waals surface area contributed by atoms with Gasteiger partial charge in [0.25, 0.3) is 0 Å². The van der Waals surface area contributed by atoms with Crippen molar-refractivity contribution in [2.24, 2.45) is 0 Å². The number of hydrogen-bond acceptors (Lipinski definition) is 0. The van der Waals surface area contributed by atoms with Crippen LogP contribution in [0.25, 0.3) is 0 Å². The SMILES string of the molecule is CCCCCCCCCCCCCCCCCCC(CCCCCCCCCCCCCCCCCC)[NH2+]CC.[Cl-]. The summed E-state index contributed by atoms with van der Waals surface area (Å²) in [5.41, 5.74) is 0. The van der Waals surface area contributed by atoms with Crippen LogP contribution in [0, 0.1) is 0 Å². The maximum absolute atomic E-state index is 2.64. The zero-order valence-electron chi connectivity index (χ0n) is 29.3. The first-order valence-corrected chi connectivity index (χ1v) is 19.7. The molecule has 0 saturated carbocycles. The molecule has 0 aliphatic rings. The summed E-state index contributed by atoms with van der Waals surface area (Å²) in [5, 5.41) is 2.64. The molecule has 0 aliphatic carbocycles. The largest absolute Gasteiger partial charge is 1.00 e. The molecule has 0 saturated heterocycles. The van der Waals surface area contributed by atoms with Crippen LogP contribution in [0.3, 0.4) is 0 Å². The first-order valence-electron chi connectivity index (χ1n) is 19.7. The van der Waals surface area contributed by atoms with Crippen LogP contribution in [0.5, 0.6) is 0 Å². The zero-order chi connectivity index (χ0) is 29.0. The third-order valence-electron chi connectivity index (χ3n) is 9.43. The highest BCUT2D eigenvalue weighted by atomic mass is 35.5. The van der Waals surface area contributed by atoms with Crippen LogP contribution in [0.4, 0.5) is 0 Å². The van der Waals surface area contributed by atoms with Crippen molar-refractivity contribution in [2.75, 3.05) is 6.54 Å². The van der Waals surface area contributed by atoms with Crippen molar-refractivity contribution in [3.05, 3.63) is 0 Å². The third kappa shape index (κ3) is 38.2. The monoisotopic (exact) mass is 600 g/mol. The fraction of sp³-hybridized carbons (Fsp3) is 1.00. The molecule has 0 aromatic heterocycles. The van der Waals surface area contributed by atoms with Crippen molar-refractivity contribution in [1.29, 1.82) is 0 Å². The Hall–Kier alpha value is 0.250. The average molecular weight is 601 g/mol. The van der Waals surface area contributed by atoms with Gasteiger partial charge in [0.05, 0.1) is 12.6 Å². The van der Waals surface area contributed by atoms with Gasteiger partial charge in [0.1, 0.15) is 0 Å². The molecule has 0 atom stereocenters. The summed E-state index contributed by atoms with van der Waals surface area (Å²) in [6.45, 7) is 8.23. The van der Waals surface area contributed by atoms with E-state index in [1.165, 1.54) is 225 Å². The first-order chi connectivity index (χ1) is 19.8. The van der Waals surface area contributed by atoms with E-state index in [0.717, 1.165) is 6.04 Å². The highest BCUT2D eigenvalue weighted by molar-refractivity contribution is 4.58. The number of rotatable bonds is 36. The lowest BCUT2D eigenvalue weighted by atomic mass is 9.99. The molecule has 0 unspecified atom stereocenters. The average Bonchev–Trinajstić information content (AvgIpc) is 2.96. The Balaban J connectivity index is 0. The topological polar surface area (TPSA) is 16.6 Å². The second-order valence-corrected chi connectivity index (χ2v) is 13.6. The van der Waals surface area contributed by atoms with E-state index < -0.39 is 0 Å². The van der Waals surface area contributed by atoms with Crippen LogP contribution in [-0.4, -0.2) is 12.6 Å². The van der Waals surface area contributed by atoms with Crippen LogP contribution in [0.2, 0.25) is 0 Å². The molecular formula is C39H82ClN. The summed E-state index contributed by atoms with van der Waals surface area (Å²) < 4.78 is 0. The normalized spacial score (nSPS) is 11.4. The molecule has 0 bridgehead atoms. The summed E-state index contributed by atoms with van der Waals surface area (Å²) in [7, 11) is 0. The Labute approximate surface area is 268 Å². The van der Waals surface area contributed by atoms with Crippen LogP contribution >= 0.6 is 0 Å². The van der Waals surface area contributed by atoms with Crippen LogP contribution in [0.1, 0.15) is 239 Å². The highest BCUT2D eigenvalue weighted by Crippen LogP contribution is 2.17. The van der Waals surface area contributed by atoms with Gasteiger partial charge in [0.15, 0.2) is 0 Å². The van der Waals surface area contributed by atoms with Crippen LogP contribution in [0.15, 0.2) is 0 Å². The number of nitrogens with two attached hydrogens (primary N) is 1. The van der Waals surface area contributed by atoms with E-state index in [2.05, 4.69) is 26.1 Å². The van der Waals surface area contributed by atoms with Gasteiger partial charge in [0.2, 0.25) is 0 Å². The molecule has 0 rings (SSSR count). The van der Waals surface area contributed by atoms with Crippen molar-refractivity contribution in [3.63, 3.8) is 0 Å². The molecule has 0 fully saturated rings. The molecule has 0 amide bonds. The third-order valence-corrected chi connectivity index (χ3v) is 9.43. The van der Waals surface area contributed by atoms with Crippen molar-refractivity contribution in [2.45, 2.75) is 245 Å². The van der Waals surface area contributed by atoms with Gasteiger partial charge in [-0.3, -0.25) is 0 Å². The molecule has 2 N–H and O–H groups in total. The van der Waals surface area contributed by atoms with Gasteiger partial charge in [-0.15, -0.1) is 0 Å². The van der Waals surface area contributed by atoms with Crippen LogP contribution in [-0.2, 0) is 0 Å². The lowest BCUT2D eigenvalue weighted by molar-refractivity contribution is -0.688. The molecule has 250 valence electrons. The van der Waals surface area contributed by atoms with E-state index in [0.29, 0.717) is 0 Å². The Morgan fingerprint density at radius 1 is 0.293 bits per heavy atom. The lowest BCUT2D eigenvalue weighted by Crippen LogP contribution is -3.00. The predicted octanol–water partition coefficient (Wildman–Crippen LogP) is 10.2. The summed E-state index contributed by atoms with van der Waals surface area (Å²) in [5.74, 6) is 0. The standard InChI is InChI=1S/C39H81N.ClH/c1-4-7-9-11-13-15-17-19-21-23-25-27-29-31-33-35-37-39(40-6-3)38-36-34-32-30-28-26-24-22-20-18-16-14-12-10-8-5-2;/h39-40H,4-38H2,1-3H3;1H. The van der Waals surface area contributed by atoms with E-state index in [-0.39, 0.29) is 12.4 Å². The summed E-state index contributed by atoms with van der Waals surface area (Å²) >= 11 is 0. The van der Waals surface area contributed by atoms with E-state index in [1.54, 1.807) is 0 Å². The summed E-state index contributed by atoms with van der Waals surface area (Å²) in [4.78, 5) is 0. The molecule has 0 aromatic rings. The maximum Gasteiger partial charge on any atom is 0.0859 e. The van der Waals surface area contributed by atoms with Gasteiger partial charge in [-0.1, -0.05) is 206 Å². The summed E-state index contributed by atoms with van der Waals surface area (Å²) in [6.07, 6.45) is 50.1. The Morgan fingerprint density at radius 3 is 0.683 bits per heavy atom. The van der Waals surface area contributed by atoms with Gasteiger partial charge in [-0.05, 0) is 32.6 Å². The number of unbranched alkanes of at least 4 members (excludes halogenated alkanes) is 30. The minimum absolute atomic E-state index is 0. The Morgan fingerprint density at radius 2 is 0.488 bits per heavy atom. The molecule has 2 heteroatoms. The molecular weight excluding hydrogens is 518 g/mol. The molecule has 41 heavy (non-hydrogen) atoms. The van der Waals surface area contributed by atoms with Gasteiger partial charge in [-0.2, -0.15) is 0 Å².